The average molecular weight is 262 g/mol. The first-order valence-corrected chi connectivity index (χ1v) is 6.58. The highest BCUT2D eigenvalue weighted by Gasteiger charge is 2.18. The van der Waals surface area contributed by atoms with Crippen LogP contribution in [0.5, 0.6) is 0 Å². The van der Waals surface area contributed by atoms with Crippen molar-refractivity contribution in [3.05, 3.63) is 59.4 Å². The number of aromatic nitrogens is 2. The van der Waals surface area contributed by atoms with E-state index in [1.165, 1.54) is 11.1 Å². The molecule has 0 aliphatic rings. The highest BCUT2D eigenvalue weighted by atomic mass is 15.1. The second-order valence-electron chi connectivity index (χ2n) is 5.23. The van der Waals surface area contributed by atoms with Crippen molar-refractivity contribution in [2.24, 2.45) is 7.05 Å². The van der Waals surface area contributed by atoms with Gasteiger partial charge in [-0.3, -0.25) is 0 Å². The van der Waals surface area contributed by atoms with Gasteiger partial charge >= 0.3 is 0 Å². The lowest BCUT2D eigenvalue weighted by Crippen LogP contribution is -2.26. The van der Waals surface area contributed by atoms with E-state index in [1.807, 2.05) is 36.1 Å². The third-order valence-electron chi connectivity index (χ3n) is 3.52. The molecule has 0 amide bonds. The summed E-state index contributed by atoms with van der Waals surface area (Å²) in [5, 5.41) is 9.26. The van der Waals surface area contributed by atoms with Gasteiger partial charge in [0, 0.05) is 0 Å². The molecular formula is C17H16N3+. The zero-order valence-corrected chi connectivity index (χ0v) is 11.9. The van der Waals surface area contributed by atoms with Crippen molar-refractivity contribution < 1.29 is 4.57 Å². The van der Waals surface area contributed by atoms with E-state index >= 15 is 0 Å². The molecule has 2 aromatic carbocycles. The molecule has 3 aromatic rings. The first kappa shape index (κ1) is 12.4. The zero-order chi connectivity index (χ0) is 14.3. The summed E-state index contributed by atoms with van der Waals surface area (Å²) in [6, 6.07) is 14.6. The minimum absolute atomic E-state index is 0.702. The van der Waals surface area contributed by atoms with Gasteiger partial charge in [0.05, 0.1) is 7.05 Å². The van der Waals surface area contributed by atoms with Crippen LogP contribution in [0.4, 0.5) is 0 Å². The molecule has 0 aliphatic carbocycles. The molecule has 0 saturated carbocycles. The molecule has 3 rings (SSSR count). The number of nitriles is 1. The lowest BCUT2D eigenvalue weighted by Gasteiger charge is -2.01. The minimum Gasteiger partial charge on any atom is -0.231 e. The predicted octanol–water partition coefficient (Wildman–Crippen LogP) is 2.94. The molecule has 98 valence electrons. The van der Waals surface area contributed by atoms with Crippen LogP contribution in [0.15, 0.2) is 42.7 Å². The Bertz CT molecular complexity index is 830. The number of hydrogen-bond acceptors (Lipinski definition) is 1. The quantitative estimate of drug-likeness (QED) is 0.621. The zero-order valence-electron chi connectivity index (χ0n) is 11.9. The van der Waals surface area contributed by atoms with Gasteiger partial charge in [0.15, 0.2) is 11.0 Å². The fraction of sp³-hybridized carbons (Fsp3) is 0.176. The van der Waals surface area contributed by atoms with Crippen molar-refractivity contribution in [1.82, 2.24) is 4.57 Å². The molecule has 0 spiro atoms. The number of fused-ring (bicyclic) bond motifs is 1. The molecule has 0 bridgehead atoms. The third kappa shape index (κ3) is 1.86. The fourth-order valence-electron chi connectivity index (χ4n) is 2.78. The Labute approximate surface area is 118 Å². The number of imidazole rings is 1. The third-order valence-corrected chi connectivity index (χ3v) is 3.52. The monoisotopic (exact) mass is 262 g/mol. The summed E-state index contributed by atoms with van der Waals surface area (Å²) in [5.41, 5.74) is 6.32. The van der Waals surface area contributed by atoms with Gasteiger partial charge in [0.25, 0.3) is 0 Å². The fourth-order valence-corrected chi connectivity index (χ4v) is 2.78. The smallest absolute Gasteiger partial charge is 0.231 e. The highest BCUT2D eigenvalue weighted by Crippen LogP contribution is 2.21. The second kappa shape index (κ2) is 4.50. The maximum absolute atomic E-state index is 9.26. The van der Waals surface area contributed by atoms with Gasteiger partial charge in [-0.15, -0.1) is 0 Å². The summed E-state index contributed by atoms with van der Waals surface area (Å²) in [4.78, 5) is 0. The Balaban J connectivity index is 2.36. The van der Waals surface area contributed by atoms with Crippen molar-refractivity contribution in [3.63, 3.8) is 0 Å². The van der Waals surface area contributed by atoms with Crippen LogP contribution >= 0.6 is 0 Å². The SMILES string of the molecule is Cc1cc(C)cc(-n2c[n+](C)c3c(C#N)cccc32)c1. The first-order valence-electron chi connectivity index (χ1n) is 6.58. The molecule has 0 N–H and O–H groups in total. The molecule has 1 aromatic heterocycles. The lowest BCUT2D eigenvalue weighted by molar-refractivity contribution is -0.645. The standard InChI is InChI=1S/C17H16N3/c1-12-7-13(2)9-15(8-12)20-11-19(3)17-14(10-18)5-4-6-16(17)20/h4-9,11H,1-3H3/q+1. The van der Waals surface area contributed by atoms with E-state index in [2.05, 4.69) is 42.7 Å². The van der Waals surface area contributed by atoms with Crippen LogP contribution < -0.4 is 4.57 Å². The van der Waals surface area contributed by atoms with E-state index in [9.17, 15) is 5.26 Å². The van der Waals surface area contributed by atoms with Gasteiger partial charge in [-0.05, 0) is 49.2 Å². The molecule has 1 heterocycles. The number of benzene rings is 2. The van der Waals surface area contributed by atoms with Crippen LogP contribution in [0, 0.1) is 25.2 Å². The minimum atomic E-state index is 0.702. The molecule has 0 aliphatic heterocycles. The topological polar surface area (TPSA) is 32.6 Å². The van der Waals surface area contributed by atoms with Gasteiger partial charge in [0.2, 0.25) is 6.33 Å². The molecule has 0 fully saturated rings. The van der Waals surface area contributed by atoms with E-state index in [4.69, 9.17) is 0 Å². The number of nitrogens with zero attached hydrogens (tertiary/aromatic N) is 3. The van der Waals surface area contributed by atoms with E-state index in [-0.39, 0.29) is 0 Å². The number of aryl methyl sites for hydroxylation is 3. The van der Waals surface area contributed by atoms with Crippen molar-refractivity contribution in [2.75, 3.05) is 0 Å². The normalized spacial score (nSPS) is 10.7. The Morgan fingerprint density at radius 3 is 2.45 bits per heavy atom. The van der Waals surface area contributed by atoms with Gasteiger partial charge in [0.1, 0.15) is 17.3 Å². The van der Waals surface area contributed by atoms with E-state index in [0.29, 0.717) is 5.56 Å². The van der Waals surface area contributed by atoms with Crippen LogP contribution in [-0.4, -0.2) is 4.57 Å². The highest BCUT2D eigenvalue weighted by molar-refractivity contribution is 5.80. The molecule has 0 saturated heterocycles. The lowest BCUT2D eigenvalue weighted by atomic mass is 10.1. The van der Waals surface area contributed by atoms with Crippen molar-refractivity contribution in [2.45, 2.75) is 13.8 Å². The Morgan fingerprint density at radius 1 is 1.10 bits per heavy atom. The summed E-state index contributed by atoms with van der Waals surface area (Å²) in [7, 11) is 1.97. The maximum atomic E-state index is 9.26. The molecule has 20 heavy (non-hydrogen) atoms. The number of para-hydroxylation sites is 1. The Hall–Kier alpha value is -2.60. The summed E-state index contributed by atoms with van der Waals surface area (Å²) in [6.07, 6.45) is 2.03. The van der Waals surface area contributed by atoms with Crippen LogP contribution in [0.3, 0.4) is 0 Å². The van der Waals surface area contributed by atoms with Crippen LogP contribution in [0.2, 0.25) is 0 Å². The predicted molar refractivity (Wildman–Crippen MR) is 78.6 cm³/mol. The maximum Gasteiger partial charge on any atom is 0.249 e. The van der Waals surface area contributed by atoms with Gasteiger partial charge in [-0.25, -0.2) is 4.57 Å². The Morgan fingerprint density at radius 2 is 1.80 bits per heavy atom. The summed E-state index contributed by atoms with van der Waals surface area (Å²) < 4.78 is 4.14. The number of rotatable bonds is 1. The van der Waals surface area contributed by atoms with Gasteiger partial charge < -0.3 is 0 Å². The van der Waals surface area contributed by atoms with Crippen LogP contribution in [0.1, 0.15) is 16.7 Å². The summed E-state index contributed by atoms with van der Waals surface area (Å²) >= 11 is 0. The Kier molecular flexibility index (Phi) is 2.80. The van der Waals surface area contributed by atoms with Crippen molar-refractivity contribution in [3.8, 4) is 11.8 Å². The van der Waals surface area contributed by atoms with E-state index < -0.39 is 0 Å². The first-order chi connectivity index (χ1) is 9.60. The van der Waals surface area contributed by atoms with Gasteiger partial charge in [-0.2, -0.15) is 9.83 Å². The molecule has 0 atom stereocenters. The molecular weight excluding hydrogens is 246 g/mol. The van der Waals surface area contributed by atoms with Crippen LogP contribution in [0.25, 0.3) is 16.7 Å². The van der Waals surface area contributed by atoms with E-state index in [1.54, 1.807) is 0 Å². The summed E-state index contributed by atoms with van der Waals surface area (Å²) in [5.74, 6) is 0. The summed E-state index contributed by atoms with van der Waals surface area (Å²) in [6.45, 7) is 4.20. The molecule has 0 radical (unpaired) electrons. The second-order valence-corrected chi connectivity index (χ2v) is 5.23. The van der Waals surface area contributed by atoms with Crippen molar-refractivity contribution in [1.29, 1.82) is 5.26 Å². The molecule has 0 unspecified atom stereocenters. The van der Waals surface area contributed by atoms with Gasteiger partial charge in [-0.1, -0.05) is 12.1 Å². The van der Waals surface area contributed by atoms with Crippen LogP contribution in [-0.2, 0) is 7.05 Å². The van der Waals surface area contributed by atoms with Crippen molar-refractivity contribution >= 4 is 11.0 Å². The largest absolute Gasteiger partial charge is 0.249 e. The molecule has 3 heteroatoms. The average Bonchev–Trinajstić information content (AvgIpc) is 2.75. The number of hydrogen-bond donors (Lipinski definition) is 0. The molecule has 3 nitrogen and oxygen atoms in total. The van der Waals surface area contributed by atoms with E-state index in [0.717, 1.165) is 16.7 Å².